The number of nitrogens with zero attached hydrogens (tertiary/aromatic N) is 1. The molecule has 0 aromatic heterocycles. The molecule has 3 nitrogen and oxygen atoms in total. The van der Waals surface area contributed by atoms with Gasteiger partial charge in [0.2, 0.25) is 0 Å². The van der Waals surface area contributed by atoms with E-state index in [4.69, 9.17) is 0 Å². The van der Waals surface area contributed by atoms with Crippen molar-refractivity contribution in [2.45, 2.75) is 6.54 Å². The number of hydrogen-bond donors (Lipinski definition) is 1. The largest absolute Gasteiger partial charge is 0.870 e. The molecule has 2 N–H and O–H groups in total. The summed E-state index contributed by atoms with van der Waals surface area (Å²) in [6.45, 7) is 0.654. The van der Waals surface area contributed by atoms with Crippen LogP contribution >= 0.6 is 0 Å². The van der Waals surface area contributed by atoms with Gasteiger partial charge >= 0.3 is 0 Å². The monoisotopic (exact) mass is 169 g/mol. The molecule has 0 aliphatic rings. The lowest BCUT2D eigenvalue weighted by Gasteiger charge is -2.19. The van der Waals surface area contributed by atoms with Gasteiger partial charge in [0.05, 0.1) is 14.1 Å². The zero-order valence-electron chi connectivity index (χ0n) is 7.44. The quantitative estimate of drug-likeness (QED) is 0.538. The van der Waals surface area contributed by atoms with Gasteiger partial charge in [0, 0.05) is 5.56 Å². The average Bonchev–Trinajstić information content (AvgIpc) is 1.85. The highest BCUT2D eigenvalue weighted by molar-refractivity contribution is 5.13. The average molecular weight is 169 g/mol. The fraction of sp³-hybridized carbons (Fsp3) is 0.333. The molecule has 0 atom stereocenters. The molecular formula is C9H15NO2. The molecular weight excluding hydrogens is 154 g/mol. The zero-order chi connectivity index (χ0) is 8.32. The minimum atomic E-state index is -0.00991. The lowest BCUT2D eigenvalue weighted by atomic mass is 10.2. The first-order chi connectivity index (χ1) is 5.08. The SMILES string of the molecule is C[N+](C)(O)Cc1ccccc1.[OH-]. The molecule has 0 heterocycles. The highest BCUT2D eigenvalue weighted by Crippen LogP contribution is 2.04. The molecule has 0 aliphatic heterocycles. The summed E-state index contributed by atoms with van der Waals surface area (Å²) in [5.74, 6) is 0. The van der Waals surface area contributed by atoms with Gasteiger partial charge in [-0.3, -0.25) is 0 Å². The fourth-order valence-corrected chi connectivity index (χ4v) is 1.03. The van der Waals surface area contributed by atoms with Gasteiger partial charge in [-0.25, -0.2) is 5.21 Å². The van der Waals surface area contributed by atoms with E-state index >= 15 is 0 Å². The normalized spacial score (nSPS) is 10.6. The minimum Gasteiger partial charge on any atom is -0.870 e. The van der Waals surface area contributed by atoms with E-state index in [1.165, 1.54) is 0 Å². The van der Waals surface area contributed by atoms with Crippen molar-refractivity contribution < 1.29 is 15.3 Å². The van der Waals surface area contributed by atoms with E-state index in [1.807, 2.05) is 30.3 Å². The molecule has 3 heteroatoms. The molecule has 0 saturated heterocycles. The third kappa shape index (κ3) is 4.08. The van der Waals surface area contributed by atoms with Crippen molar-refractivity contribution in [2.75, 3.05) is 14.1 Å². The summed E-state index contributed by atoms with van der Waals surface area (Å²) in [7, 11) is 3.51. The van der Waals surface area contributed by atoms with Gasteiger partial charge in [0.1, 0.15) is 6.54 Å². The Kier molecular flexibility index (Phi) is 3.89. The molecule has 0 amide bonds. The van der Waals surface area contributed by atoms with Gasteiger partial charge in [-0.2, -0.15) is 4.65 Å². The Morgan fingerprint density at radius 1 is 1.17 bits per heavy atom. The summed E-state index contributed by atoms with van der Waals surface area (Å²) in [5.41, 5.74) is 1.15. The second-order valence-corrected chi connectivity index (χ2v) is 3.26. The van der Waals surface area contributed by atoms with Crippen molar-refractivity contribution in [2.24, 2.45) is 0 Å². The number of quaternary nitrogens is 1. The third-order valence-corrected chi connectivity index (χ3v) is 1.41. The van der Waals surface area contributed by atoms with E-state index in [9.17, 15) is 5.21 Å². The molecule has 0 aliphatic carbocycles. The third-order valence-electron chi connectivity index (χ3n) is 1.41. The predicted octanol–water partition coefficient (Wildman–Crippen LogP) is 1.48. The van der Waals surface area contributed by atoms with Crippen LogP contribution in [0.15, 0.2) is 30.3 Å². The molecule has 0 radical (unpaired) electrons. The van der Waals surface area contributed by atoms with Crippen LogP contribution in [-0.2, 0) is 6.54 Å². The zero-order valence-corrected chi connectivity index (χ0v) is 7.44. The fourth-order valence-electron chi connectivity index (χ4n) is 1.03. The Labute approximate surface area is 72.7 Å². The van der Waals surface area contributed by atoms with Crippen molar-refractivity contribution in [3.8, 4) is 0 Å². The van der Waals surface area contributed by atoms with Crippen LogP contribution in [0.1, 0.15) is 5.56 Å². The summed E-state index contributed by atoms with van der Waals surface area (Å²) in [5, 5.41) is 9.41. The smallest absolute Gasteiger partial charge is 0.134 e. The van der Waals surface area contributed by atoms with Crippen LogP contribution < -0.4 is 0 Å². The van der Waals surface area contributed by atoms with Gasteiger partial charge < -0.3 is 5.48 Å². The first-order valence-corrected chi connectivity index (χ1v) is 3.67. The lowest BCUT2D eigenvalue weighted by Crippen LogP contribution is -2.34. The molecule has 0 fully saturated rings. The van der Waals surface area contributed by atoms with Crippen molar-refractivity contribution >= 4 is 0 Å². The van der Waals surface area contributed by atoms with Crippen LogP contribution in [0.2, 0.25) is 0 Å². The van der Waals surface area contributed by atoms with Crippen molar-refractivity contribution in [3.05, 3.63) is 35.9 Å². The molecule has 0 bridgehead atoms. The van der Waals surface area contributed by atoms with Gasteiger partial charge in [-0.1, -0.05) is 30.3 Å². The second-order valence-electron chi connectivity index (χ2n) is 3.26. The van der Waals surface area contributed by atoms with Gasteiger partial charge in [-0.05, 0) is 0 Å². The Morgan fingerprint density at radius 2 is 1.67 bits per heavy atom. The molecule has 1 aromatic rings. The molecule has 68 valence electrons. The standard InChI is InChI=1S/C9H14NO.H2O/c1-10(2,11)8-9-6-4-3-5-7-9;/h3-7,11H,8H2,1-2H3;1H2/q+1;/p-1. The second kappa shape index (κ2) is 4.21. The number of hydroxylamine groups is 3. The molecule has 0 spiro atoms. The molecule has 1 aromatic carbocycles. The van der Waals surface area contributed by atoms with E-state index < -0.39 is 0 Å². The first-order valence-electron chi connectivity index (χ1n) is 3.67. The molecule has 12 heavy (non-hydrogen) atoms. The van der Waals surface area contributed by atoms with Gasteiger partial charge in [0.25, 0.3) is 0 Å². The summed E-state index contributed by atoms with van der Waals surface area (Å²) >= 11 is 0. The maximum absolute atomic E-state index is 9.41. The summed E-state index contributed by atoms with van der Waals surface area (Å²) in [4.78, 5) is 0. The van der Waals surface area contributed by atoms with Crippen LogP contribution in [0, 0.1) is 0 Å². The topological polar surface area (TPSA) is 50.2 Å². The maximum Gasteiger partial charge on any atom is 0.134 e. The van der Waals surface area contributed by atoms with Crippen LogP contribution in [0.25, 0.3) is 0 Å². The minimum absolute atomic E-state index is 0. The maximum atomic E-state index is 9.41. The Morgan fingerprint density at radius 3 is 2.08 bits per heavy atom. The van der Waals surface area contributed by atoms with Crippen molar-refractivity contribution in [3.63, 3.8) is 0 Å². The van der Waals surface area contributed by atoms with Gasteiger partial charge in [-0.15, -0.1) is 0 Å². The Hall–Kier alpha value is -0.900. The van der Waals surface area contributed by atoms with Crippen LogP contribution in [-0.4, -0.2) is 29.4 Å². The van der Waals surface area contributed by atoms with E-state index in [0.29, 0.717) is 6.54 Å². The number of rotatable bonds is 2. The number of benzene rings is 1. The van der Waals surface area contributed by atoms with Crippen molar-refractivity contribution in [1.82, 2.24) is 0 Å². The lowest BCUT2D eigenvalue weighted by molar-refractivity contribution is -1.08. The van der Waals surface area contributed by atoms with Crippen LogP contribution in [0.4, 0.5) is 0 Å². The molecule has 1 rings (SSSR count). The van der Waals surface area contributed by atoms with E-state index in [2.05, 4.69) is 0 Å². The molecule has 0 saturated carbocycles. The van der Waals surface area contributed by atoms with E-state index in [0.717, 1.165) is 5.56 Å². The summed E-state index contributed by atoms with van der Waals surface area (Å²) in [6, 6.07) is 9.95. The van der Waals surface area contributed by atoms with Crippen molar-refractivity contribution in [1.29, 1.82) is 0 Å². The Bertz CT molecular complexity index is 216. The van der Waals surface area contributed by atoms with E-state index in [-0.39, 0.29) is 10.1 Å². The summed E-state index contributed by atoms with van der Waals surface area (Å²) in [6.07, 6.45) is 0. The van der Waals surface area contributed by atoms with Crippen LogP contribution in [0.3, 0.4) is 0 Å². The highest BCUT2D eigenvalue weighted by atomic mass is 16.5. The Balaban J connectivity index is 0.00000121. The highest BCUT2D eigenvalue weighted by Gasteiger charge is 2.10. The predicted molar refractivity (Wildman–Crippen MR) is 46.0 cm³/mol. The summed E-state index contributed by atoms with van der Waals surface area (Å²) < 4.78 is -0.00991. The first kappa shape index (κ1) is 11.1. The molecule has 0 unspecified atom stereocenters. The van der Waals surface area contributed by atoms with Crippen LogP contribution in [0.5, 0.6) is 0 Å². The van der Waals surface area contributed by atoms with Gasteiger partial charge in [0.15, 0.2) is 0 Å². The van der Waals surface area contributed by atoms with E-state index in [1.54, 1.807) is 14.1 Å². The number of hydrogen-bond acceptors (Lipinski definition) is 2.